The summed E-state index contributed by atoms with van der Waals surface area (Å²) >= 11 is 0. The summed E-state index contributed by atoms with van der Waals surface area (Å²) in [5.41, 5.74) is 5.20. The summed E-state index contributed by atoms with van der Waals surface area (Å²) in [6, 6.07) is 2.62. The second-order valence-electron chi connectivity index (χ2n) is 4.81. The average molecular weight is 298 g/mol. The zero-order chi connectivity index (χ0) is 13.3. The van der Waals surface area contributed by atoms with Gasteiger partial charge in [-0.15, -0.1) is 12.4 Å². The highest BCUT2D eigenvalue weighted by atomic mass is 35.5. The van der Waals surface area contributed by atoms with Crippen molar-refractivity contribution in [1.29, 1.82) is 0 Å². The molecule has 0 unspecified atom stereocenters. The van der Waals surface area contributed by atoms with Crippen LogP contribution < -0.4 is 5.73 Å². The van der Waals surface area contributed by atoms with Crippen LogP contribution >= 0.6 is 12.4 Å². The van der Waals surface area contributed by atoms with Crippen molar-refractivity contribution >= 4 is 12.4 Å². The second kappa shape index (κ2) is 6.09. The summed E-state index contributed by atoms with van der Waals surface area (Å²) in [7, 11) is 0. The van der Waals surface area contributed by atoms with Crippen LogP contribution in [-0.2, 0) is 6.18 Å². The van der Waals surface area contributed by atoms with E-state index < -0.39 is 17.6 Å². The lowest BCUT2D eigenvalue weighted by molar-refractivity contribution is -0.140. The third-order valence-electron chi connectivity index (χ3n) is 3.59. The summed E-state index contributed by atoms with van der Waals surface area (Å²) in [4.78, 5) is 0. The third-order valence-corrected chi connectivity index (χ3v) is 3.59. The fourth-order valence-electron chi connectivity index (χ4n) is 2.56. The molecule has 1 aliphatic carbocycles. The second-order valence-corrected chi connectivity index (χ2v) is 4.81. The maximum absolute atomic E-state index is 13.4. The quantitative estimate of drug-likeness (QED) is 0.802. The fourth-order valence-corrected chi connectivity index (χ4v) is 2.56. The van der Waals surface area contributed by atoms with E-state index in [9.17, 15) is 17.6 Å². The van der Waals surface area contributed by atoms with E-state index in [0.717, 1.165) is 37.8 Å². The van der Waals surface area contributed by atoms with Gasteiger partial charge in [0.05, 0.1) is 5.56 Å². The van der Waals surface area contributed by atoms with Gasteiger partial charge in [-0.05, 0) is 36.5 Å². The van der Waals surface area contributed by atoms with Gasteiger partial charge in [-0.1, -0.05) is 18.9 Å². The van der Waals surface area contributed by atoms with Gasteiger partial charge in [0.15, 0.2) is 0 Å². The summed E-state index contributed by atoms with van der Waals surface area (Å²) < 4.78 is 50.7. The lowest BCUT2D eigenvalue weighted by Crippen LogP contribution is -2.20. The molecule has 2 rings (SSSR count). The van der Waals surface area contributed by atoms with E-state index in [1.165, 1.54) is 6.07 Å². The number of hydrogen-bond donors (Lipinski definition) is 1. The van der Waals surface area contributed by atoms with Gasteiger partial charge in [-0.3, -0.25) is 0 Å². The number of rotatable bonds is 2. The molecule has 1 nitrogen and oxygen atoms in total. The largest absolute Gasteiger partial charge is 0.419 e. The molecular weight excluding hydrogens is 282 g/mol. The highest BCUT2D eigenvalue weighted by Gasteiger charge is 2.34. The summed E-state index contributed by atoms with van der Waals surface area (Å²) in [6.07, 6.45) is -0.559. The first-order chi connectivity index (χ1) is 8.39. The van der Waals surface area contributed by atoms with Crippen LogP contribution in [0.5, 0.6) is 0 Å². The van der Waals surface area contributed by atoms with Gasteiger partial charge in [0.25, 0.3) is 0 Å². The maximum Gasteiger partial charge on any atom is 0.419 e. The van der Waals surface area contributed by atoms with Gasteiger partial charge >= 0.3 is 6.18 Å². The molecular formula is C13H16ClF4N. The van der Waals surface area contributed by atoms with Gasteiger partial charge in [0, 0.05) is 6.04 Å². The Morgan fingerprint density at radius 2 is 1.74 bits per heavy atom. The Morgan fingerprint density at radius 3 is 2.21 bits per heavy atom. The molecule has 1 saturated carbocycles. The molecule has 0 radical (unpaired) electrons. The first kappa shape index (κ1) is 16.2. The van der Waals surface area contributed by atoms with Crippen molar-refractivity contribution in [2.75, 3.05) is 0 Å². The first-order valence-electron chi connectivity index (χ1n) is 6.02. The third kappa shape index (κ3) is 3.60. The lowest BCUT2D eigenvalue weighted by atomic mass is 9.92. The molecule has 2 N–H and O–H groups in total. The molecule has 0 heterocycles. The summed E-state index contributed by atoms with van der Waals surface area (Å²) in [6.45, 7) is 0. The van der Waals surface area contributed by atoms with E-state index in [2.05, 4.69) is 0 Å². The van der Waals surface area contributed by atoms with Crippen molar-refractivity contribution in [3.63, 3.8) is 0 Å². The fraction of sp³-hybridized carbons (Fsp3) is 0.538. The molecule has 108 valence electrons. The van der Waals surface area contributed by atoms with Crippen molar-refractivity contribution in [1.82, 2.24) is 0 Å². The van der Waals surface area contributed by atoms with E-state index in [0.29, 0.717) is 5.56 Å². The Hall–Kier alpha value is -0.810. The van der Waals surface area contributed by atoms with Crippen LogP contribution in [0.4, 0.5) is 17.6 Å². The predicted octanol–water partition coefficient (Wildman–Crippen LogP) is 4.46. The lowest BCUT2D eigenvalue weighted by Gasteiger charge is -2.20. The zero-order valence-corrected chi connectivity index (χ0v) is 11.0. The predicted molar refractivity (Wildman–Crippen MR) is 67.5 cm³/mol. The highest BCUT2D eigenvalue weighted by molar-refractivity contribution is 5.85. The molecule has 0 saturated heterocycles. The minimum Gasteiger partial charge on any atom is -0.324 e. The van der Waals surface area contributed by atoms with Crippen LogP contribution in [0.3, 0.4) is 0 Å². The number of halogens is 5. The number of benzene rings is 1. The molecule has 1 aromatic rings. The standard InChI is InChI=1S/C13H15F4N.ClH/c14-11-7-9(5-6-10(11)13(15,16)17)12(18)8-3-1-2-4-8;/h5-8,12H,1-4,18H2;1H/t12-;/m1./s1. The van der Waals surface area contributed by atoms with Crippen LogP contribution in [0.15, 0.2) is 18.2 Å². The zero-order valence-electron chi connectivity index (χ0n) is 10.2. The van der Waals surface area contributed by atoms with Crippen molar-refractivity contribution in [2.45, 2.75) is 37.9 Å². The van der Waals surface area contributed by atoms with Gasteiger partial charge in [0.2, 0.25) is 0 Å². The summed E-state index contributed by atoms with van der Waals surface area (Å²) in [5.74, 6) is -0.991. The monoisotopic (exact) mass is 297 g/mol. The average Bonchev–Trinajstić information content (AvgIpc) is 2.79. The topological polar surface area (TPSA) is 26.0 Å². The molecule has 0 aromatic heterocycles. The molecule has 1 atom stereocenters. The molecule has 0 amide bonds. The molecule has 1 fully saturated rings. The van der Waals surface area contributed by atoms with Gasteiger partial charge in [-0.2, -0.15) is 13.2 Å². The number of alkyl halides is 3. The van der Waals surface area contributed by atoms with Crippen LogP contribution in [0.1, 0.15) is 42.9 Å². The Bertz CT molecular complexity index is 427. The number of hydrogen-bond acceptors (Lipinski definition) is 1. The molecule has 0 bridgehead atoms. The Balaban J connectivity index is 0.00000180. The van der Waals surface area contributed by atoms with E-state index in [-0.39, 0.29) is 24.4 Å². The minimum absolute atomic E-state index is 0. The van der Waals surface area contributed by atoms with Crippen molar-refractivity contribution < 1.29 is 17.6 Å². The van der Waals surface area contributed by atoms with Crippen molar-refractivity contribution in [3.8, 4) is 0 Å². The minimum atomic E-state index is -4.65. The molecule has 19 heavy (non-hydrogen) atoms. The van der Waals surface area contributed by atoms with E-state index in [1.54, 1.807) is 0 Å². The summed E-state index contributed by atoms with van der Waals surface area (Å²) in [5, 5.41) is 0. The van der Waals surface area contributed by atoms with Crippen molar-refractivity contribution in [3.05, 3.63) is 35.1 Å². The van der Waals surface area contributed by atoms with E-state index in [1.807, 2.05) is 0 Å². The molecule has 6 heteroatoms. The normalized spacial score (nSPS) is 18.2. The molecule has 0 aliphatic heterocycles. The van der Waals surface area contributed by atoms with Crippen LogP contribution in [-0.4, -0.2) is 0 Å². The smallest absolute Gasteiger partial charge is 0.324 e. The van der Waals surface area contributed by atoms with Gasteiger partial charge in [-0.25, -0.2) is 4.39 Å². The Kier molecular flexibility index (Phi) is 5.21. The van der Waals surface area contributed by atoms with Crippen molar-refractivity contribution in [2.24, 2.45) is 11.7 Å². The van der Waals surface area contributed by atoms with E-state index in [4.69, 9.17) is 5.73 Å². The Morgan fingerprint density at radius 1 is 1.16 bits per heavy atom. The molecule has 1 aliphatic rings. The van der Waals surface area contributed by atoms with Gasteiger partial charge in [0.1, 0.15) is 5.82 Å². The number of nitrogens with two attached hydrogens (primary N) is 1. The van der Waals surface area contributed by atoms with Crippen LogP contribution in [0.2, 0.25) is 0 Å². The van der Waals surface area contributed by atoms with Gasteiger partial charge < -0.3 is 5.73 Å². The maximum atomic E-state index is 13.4. The first-order valence-corrected chi connectivity index (χ1v) is 6.02. The highest BCUT2D eigenvalue weighted by Crippen LogP contribution is 2.36. The SMILES string of the molecule is Cl.N[C@@H](c1ccc(C(F)(F)F)c(F)c1)C1CCCC1. The van der Waals surface area contributed by atoms with Crippen LogP contribution in [0, 0.1) is 11.7 Å². The van der Waals surface area contributed by atoms with Crippen LogP contribution in [0.25, 0.3) is 0 Å². The Labute approximate surface area is 115 Å². The molecule has 0 spiro atoms. The van der Waals surface area contributed by atoms with E-state index >= 15 is 0 Å². The molecule has 1 aromatic carbocycles.